The Labute approximate surface area is 130 Å². The monoisotopic (exact) mass is 310 g/mol. The van der Waals surface area contributed by atoms with Crippen LogP contribution in [0.2, 0.25) is 0 Å². The summed E-state index contributed by atoms with van der Waals surface area (Å²) in [7, 11) is 0. The lowest BCUT2D eigenvalue weighted by molar-refractivity contribution is -0.129. The molecule has 2 saturated carbocycles. The van der Waals surface area contributed by atoms with Gasteiger partial charge in [0.05, 0.1) is 0 Å². The molecule has 0 aromatic rings. The number of urea groups is 1. The first-order valence-corrected chi connectivity index (χ1v) is 8.28. The molecular formula is C15H26N4O3. The minimum atomic E-state index is -0.233. The molecule has 0 heterocycles. The molecule has 2 aliphatic rings. The second-order valence-electron chi connectivity index (χ2n) is 6.15. The van der Waals surface area contributed by atoms with Crippen LogP contribution >= 0.6 is 0 Å². The van der Waals surface area contributed by atoms with E-state index in [1.807, 2.05) is 0 Å². The lowest BCUT2D eigenvalue weighted by atomic mass is 9.96. The quantitative estimate of drug-likeness (QED) is 0.434. The summed E-state index contributed by atoms with van der Waals surface area (Å²) in [6.07, 6.45) is 8.34. The Balaban J connectivity index is 1.46. The van der Waals surface area contributed by atoms with Crippen LogP contribution in [0.1, 0.15) is 57.8 Å². The van der Waals surface area contributed by atoms with Crippen LogP contribution < -0.4 is 21.5 Å². The summed E-state index contributed by atoms with van der Waals surface area (Å²) >= 11 is 0. The minimum Gasteiger partial charge on any atom is -0.338 e. The topological polar surface area (TPSA) is 99.3 Å². The molecule has 2 aliphatic carbocycles. The zero-order valence-electron chi connectivity index (χ0n) is 13.0. The third-order valence-corrected chi connectivity index (χ3v) is 4.08. The SMILES string of the molecule is O=C(CCCNC(=O)NC1CCCCC1)NNC(=O)C1CC1. The number of nitrogens with one attached hydrogen (secondary N) is 4. The van der Waals surface area contributed by atoms with Gasteiger partial charge < -0.3 is 10.6 Å². The maximum Gasteiger partial charge on any atom is 0.315 e. The van der Waals surface area contributed by atoms with Crippen LogP contribution in [0.15, 0.2) is 0 Å². The molecule has 0 aliphatic heterocycles. The zero-order valence-corrected chi connectivity index (χ0v) is 13.0. The number of hydrogen-bond acceptors (Lipinski definition) is 3. The lowest BCUT2D eigenvalue weighted by Crippen LogP contribution is -2.44. The fraction of sp³-hybridized carbons (Fsp3) is 0.800. The highest BCUT2D eigenvalue weighted by molar-refractivity contribution is 5.84. The van der Waals surface area contributed by atoms with E-state index in [0.29, 0.717) is 13.0 Å². The Morgan fingerprint density at radius 2 is 1.64 bits per heavy atom. The summed E-state index contributed by atoms with van der Waals surface area (Å²) in [6.45, 7) is 0.447. The van der Waals surface area contributed by atoms with Gasteiger partial charge in [0.1, 0.15) is 0 Å². The third kappa shape index (κ3) is 6.32. The van der Waals surface area contributed by atoms with Gasteiger partial charge in [-0.3, -0.25) is 20.4 Å². The fourth-order valence-electron chi connectivity index (χ4n) is 2.58. The van der Waals surface area contributed by atoms with Crippen molar-refractivity contribution in [3.05, 3.63) is 0 Å². The van der Waals surface area contributed by atoms with Gasteiger partial charge in [0.2, 0.25) is 11.8 Å². The molecule has 2 fully saturated rings. The van der Waals surface area contributed by atoms with E-state index in [4.69, 9.17) is 0 Å². The molecule has 0 spiro atoms. The van der Waals surface area contributed by atoms with Gasteiger partial charge in [0.25, 0.3) is 0 Å². The average molecular weight is 310 g/mol. The van der Waals surface area contributed by atoms with Crippen LogP contribution in [0, 0.1) is 5.92 Å². The lowest BCUT2D eigenvalue weighted by Gasteiger charge is -2.22. The molecule has 2 rings (SSSR count). The molecule has 124 valence electrons. The predicted octanol–water partition coefficient (Wildman–Crippen LogP) is 0.956. The molecule has 7 nitrogen and oxygen atoms in total. The van der Waals surface area contributed by atoms with Crippen molar-refractivity contribution in [2.45, 2.75) is 63.8 Å². The van der Waals surface area contributed by atoms with E-state index in [1.165, 1.54) is 19.3 Å². The van der Waals surface area contributed by atoms with Crippen molar-refractivity contribution in [1.29, 1.82) is 0 Å². The first-order chi connectivity index (χ1) is 10.6. The third-order valence-electron chi connectivity index (χ3n) is 4.08. The van der Waals surface area contributed by atoms with Crippen molar-refractivity contribution in [3.8, 4) is 0 Å². The van der Waals surface area contributed by atoms with Crippen LogP contribution in [0.25, 0.3) is 0 Å². The second-order valence-corrected chi connectivity index (χ2v) is 6.15. The number of rotatable bonds is 6. The van der Waals surface area contributed by atoms with E-state index in [-0.39, 0.29) is 36.2 Å². The standard InChI is InChI=1S/C15H26N4O3/c20-13(18-19-14(21)11-8-9-11)7-4-10-16-15(22)17-12-5-2-1-3-6-12/h11-12H,1-10H2,(H,18,20)(H,19,21)(H2,16,17,22). The van der Waals surface area contributed by atoms with Gasteiger partial charge in [0, 0.05) is 24.9 Å². The second kappa shape index (κ2) is 8.60. The van der Waals surface area contributed by atoms with Gasteiger partial charge in [-0.05, 0) is 32.1 Å². The Kier molecular flexibility index (Phi) is 6.48. The van der Waals surface area contributed by atoms with Gasteiger partial charge in [-0.15, -0.1) is 0 Å². The van der Waals surface area contributed by atoms with Gasteiger partial charge >= 0.3 is 6.03 Å². The van der Waals surface area contributed by atoms with Crippen LogP contribution in [0.5, 0.6) is 0 Å². The maximum absolute atomic E-state index is 11.7. The molecule has 4 N–H and O–H groups in total. The number of carbonyl (C=O) groups excluding carboxylic acids is 3. The maximum atomic E-state index is 11.7. The molecule has 7 heteroatoms. The summed E-state index contributed by atoms with van der Waals surface area (Å²) in [5.41, 5.74) is 4.80. The van der Waals surface area contributed by atoms with E-state index >= 15 is 0 Å². The van der Waals surface area contributed by atoms with Crippen LogP contribution in [-0.4, -0.2) is 30.4 Å². The van der Waals surface area contributed by atoms with Gasteiger partial charge in [-0.2, -0.15) is 0 Å². The van der Waals surface area contributed by atoms with Crippen molar-refractivity contribution in [2.75, 3.05) is 6.54 Å². The number of hydrogen-bond donors (Lipinski definition) is 4. The van der Waals surface area contributed by atoms with E-state index in [0.717, 1.165) is 25.7 Å². The summed E-state index contributed by atoms with van der Waals surface area (Å²) in [4.78, 5) is 34.5. The van der Waals surface area contributed by atoms with Crippen LogP contribution in [-0.2, 0) is 9.59 Å². The molecule has 0 aromatic carbocycles. The molecule has 4 amide bonds. The van der Waals surface area contributed by atoms with Crippen LogP contribution in [0.3, 0.4) is 0 Å². The highest BCUT2D eigenvalue weighted by Crippen LogP contribution is 2.28. The molecular weight excluding hydrogens is 284 g/mol. The Morgan fingerprint density at radius 1 is 0.909 bits per heavy atom. The molecule has 0 radical (unpaired) electrons. The van der Waals surface area contributed by atoms with E-state index in [2.05, 4.69) is 21.5 Å². The molecule has 0 saturated heterocycles. The Morgan fingerprint density at radius 3 is 2.32 bits per heavy atom. The van der Waals surface area contributed by atoms with Crippen molar-refractivity contribution < 1.29 is 14.4 Å². The predicted molar refractivity (Wildman–Crippen MR) is 81.7 cm³/mol. The number of amides is 4. The fourth-order valence-corrected chi connectivity index (χ4v) is 2.58. The first-order valence-electron chi connectivity index (χ1n) is 8.28. The summed E-state index contributed by atoms with van der Waals surface area (Å²) < 4.78 is 0. The van der Waals surface area contributed by atoms with E-state index < -0.39 is 0 Å². The summed E-state index contributed by atoms with van der Waals surface area (Å²) in [5.74, 6) is -0.271. The van der Waals surface area contributed by atoms with Crippen LogP contribution in [0.4, 0.5) is 4.79 Å². The number of hydrazine groups is 1. The smallest absolute Gasteiger partial charge is 0.315 e. The van der Waals surface area contributed by atoms with Gasteiger partial charge in [-0.25, -0.2) is 4.79 Å². The highest BCUT2D eigenvalue weighted by Gasteiger charge is 2.29. The highest BCUT2D eigenvalue weighted by atomic mass is 16.2. The van der Waals surface area contributed by atoms with E-state index in [9.17, 15) is 14.4 Å². The molecule has 0 atom stereocenters. The molecule has 0 bridgehead atoms. The number of carbonyl (C=O) groups is 3. The zero-order chi connectivity index (χ0) is 15.8. The Bertz CT molecular complexity index is 404. The molecule has 22 heavy (non-hydrogen) atoms. The average Bonchev–Trinajstić information content (AvgIpc) is 3.35. The van der Waals surface area contributed by atoms with Gasteiger partial charge in [-0.1, -0.05) is 19.3 Å². The minimum absolute atomic E-state index is 0.0745. The Hall–Kier alpha value is -1.79. The first kappa shape index (κ1) is 16.6. The molecule has 0 unspecified atom stereocenters. The van der Waals surface area contributed by atoms with Gasteiger partial charge in [0.15, 0.2) is 0 Å². The van der Waals surface area contributed by atoms with Crippen molar-refractivity contribution in [1.82, 2.24) is 21.5 Å². The van der Waals surface area contributed by atoms with Crippen molar-refractivity contribution in [2.24, 2.45) is 5.92 Å². The van der Waals surface area contributed by atoms with Crippen molar-refractivity contribution >= 4 is 17.8 Å². The summed E-state index contributed by atoms with van der Waals surface area (Å²) in [5, 5.41) is 5.72. The van der Waals surface area contributed by atoms with E-state index in [1.54, 1.807) is 0 Å². The molecule has 0 aromatic heterocycles. The summed E-state index contributed by atoms with van der Waals surface area (Å²) in [6, 6.07) is 0.129. The largest absolute Gasteiger partial charge is 0.338 e. The van der Waals surface area contributed by atoms with Crippen molar-refractivity contribution in [3.63, 3.8) is 0 Å². The normalized spacial score (nSPS) is 18.4.